The number of hydrogen-bond acceptors (Lipinski definition) is 4. The fraction of sp³-hybridized carbons (Fsp3) is 0.333. The monoisotopic (exact) mass is 156 g/mol. The van der Waals surface area contributed by atoms with E-state index in [0.29, 0.717) is 12.4 Å². The summed E-state index contributed by atoms with van der Waals surface area (Å²) in [5.74, 6) is 0.451. The highest BCUT2D eigenvalue weighted by atomic mass is 16.5. The molecule has 0 unspecified atom stereocenters. The predicted molar refractivity (Wildman–Crippen MR) is 36.0 cm³/mol. The number of aromatic amines is 1. The lowest BCUT2D eigenvalue weighted by Crippen LogP contribution is -1.92. The number of carbonyl (C=O) groups is 1. The zero-order chi connectivity index (χ0) is 8.10. The molecule has 0 atom stereocenters. The molecule has 60 valence electrons. The van der Waals surface area contributed by atoms with Crippen LogP contribution in [-0.2, 0) is 16.1 Å². The van der Waals surface area contributed by atoms with Crippen molar-refractivity contribution in [2.24, 2.45) is 0 Å². The maximum absolute atomic E-state index is 9.81. The molecule has 0 aliphatic carbocycles. The molecule has 5 nitrogen and oxygen atoms in total. The Morgan fingerprint density at radius 2 is 2.64 bits per heavy atom. The zero-order valence-electron chi connectivity index (χ0n) is 6.03. The Hall–Kier alpha value is -1.52. The van der Waals surface area contributed by atoms with Crippen LogP contribution in [0.2, 0.25) is 0 Å². The van der Waals surface area contributed by atoms with Crippen LogP contribution in [0.1, 0.15) is 5.56 Å². The first kappa shape index (κ1) is 7.59. The number of methoxy groups -OCH3 is 1. The molecule has 0 aliphatic rings. The first-order valence-electron chi connectivity index (χ1n) is 3.00. The van der Waals surface area contributed by atoms with Crippen LogP contribution in [0.3, 0.4) is 0 Å². The Bertz CT molecular complexity index is 233. The first-order valence-corrected chi connectivity index (χ1v) is 3.00. The summed E-state index contributed by atoms with van der Waals surface area (Å²) in [6, 6.07) is 0. The van der Waals surface area contributed by atoms with Gasteiger partial charge in [-0.3, -0.25) is 9.89 Å². The molecule has 0 aliphatic heterocycles. The average molecular weight is 156 g/mol. The van der Waals surface area contributed by atoms with Crippen molar-refractivity contribution in [2.75, 3.05) is 7.11 Å². The van der Waals surface area contributed by atoms with Gasteiger partial charge < -0.3 is 9.47 Å². The quantitative estimate of drug-likeness (QED) is 0.627. The van der Waals surface area contributed by atoms with E-state index in [1.807, 2.05) is 0 Å². The van der Waals surface area contributed by atoms with Gasteiger partial charge in [0.05, 0.1) is 12.7 Å². The van der Waals surface area contributed by atoms with Gasteiger partial charge in [-0.05, 0) is 0 Å². The molecule has 0 fully saturated rings. The normalized spacial score (nSPS) is 9.18. The lowest BCUT2D eigenvalue weighted by Gasteiger charge is -1.97. The molecule has 0 spiro atoms. The standard InChI is InChI=1S/C6H8N2O3/c1-10-6-5(2-7-8-6)3-11-4-9/h2,4H,3H2,1H3,(H,7,8). The summed E-state index contributed by atoms with van der Waals surface area (Å²) >= 11 is 0. The Labute approximate surface area is 63.3 Å². The molecule has 1 aromatic heterocycles. The number of H-pyrrole nitrogens is 1. The smallest absolute Gasteiger partial charge is 0.293 e. The van der Waals surface area contributed by atoms with Crippen molar-refractivity contribution in [1.29, 1.82) is 0 Å². The number of carbonyl (C=O) groups excluding carboxylic acids is 1. The molecule has 0 saturated carbocycles. The van der Waals surface area contributed by atoms with E-state index in [4.69, 9.17) is 4.74 Å². The molecule has 1 aromatic rings. The van der Waals surface area contributed by atoms with E-state index >= 15 is 0 Å². The van der Waals surface area contributed by atoms with Crippen LogP contribution in [-0.4, -0.2) is 23.8 Å². The van der Waals surface area contributed by atoms with Gasteiger partial charge in [0.1, 0.15) is 6.61 Å². The fourth-order valence-corrected chi connectivity index (χ4v) is 0.706. The van der Waals surface area contributed by atoms with Crippen LogP contribution in [0.15, 0.2) is 6.20 Å². The van der Waals surface area contributed by atoms with Crippen molar-refractivity contribution in [2.45, 2.75) is 6.61 Å². The summed E-state index contributed by atoms with van der Waals surface area (Å²) in [5.41, 5.74) is 0.722. The van der Waals surface area contributed by atoms with Crippen LogP contribution in [0, 0.1) is 0 Å². The maximum atomic E-state index is 9.81. The summed E-state index contributed by atoms with van der Waals surface area (Å²) in [6.45, 7) is 0.565. The molecule has 0 aromatic carbocycles. The third kappa shape index (κ3) is 1.70. The van der Waals surface area contributed by atoms with Crippen molar-refractivity contribution in [3.63, 3.8) is 0 Å². The third-order valence-electron chi connectivity index (χ3n) is 1.18. The second kappa shape index (κ2) is 3.60. The van der Waals surface area contributed by atoms with Gasteiger partial charge in [-0.25, -0.2) is 0 Å². The molecule has 1 rings (SSSR count). The first-order chi connectivity index (χ1) is 5.38. The number of nitrogens with zero attached hydrogens (tertiary/aromatic N) is 1. The molecule has 1 heterocycles. The van der Waals surface area contributed by atoms with Crippen LogP contribution >= 0.6 is 0 Å². The number of ether oxygens (including phenoxy) is 2. The SMILES string of the molecule is COc1n[nH]cc1COC=O. The van der Waals surface area contributed by atoms with E-state index in [1.54, 1.807) is 6.20 Å². The van der Waals surface area contributed by atoms with Crippen LogP contribution in [0.4, 0.5) is 0 Å². The molecule has 0 saturated heterocycles. The van der Waals surface area contributed by atoms with Gasteiger partial charge in [0.25, 0.3) is 6.47 Å². The van der Waals surface area contributed by atoms with E-state index in [0.717, 1.165) is 5.56 Å². The minimum Gasteiger partial charge on any atom is -0.480 e. The van der Waals surface area contributed by atoms with Crippen molar-refractivity contribution in [1.82, 2.24) is 10.2 Å². The third-order valence-corrected chi connectivity index (χ3v) is 1.18. The van der Waals surface area contributed by atoms with Gasteiger partial charge >= 0.3 is 0 Å². The number of rotatable bonds is 4. The zero-order valence-corrected chi connectivity index (χ0v) is 6.03. The van der Waals surface area contributed by atoms with Gasteiger partial charge in [-0.1, -0.05) is 0 Å². The summed E-state index contributed by atoms with van der Waals surface area (Å²) in [7, 11) is 1.50. The number of nitrogens with one attached hydrogen (secondary N) is 1. The average Bonchev–Trinajstić information content (AvgIpc) is 2.47. The minimum absolute atomic E-state index is 0.184. The lowest BCUT2D eigenvalue weighted by atomic mass is 10.4. The van der Waals surface area contributed by atoms with E-state index in [2.05, 4.69) is 14.9 Å². The van der Waals surface area contributed by atoms with E-state index in [-0.39, 0.29) is 6.61 Å². The Kier molecular flexibility index (Phi) is 2.48. The Balaban J connectivity index is 2.60. The molecule has 1 N–H and O–H groups in total. The van der Waals surface area contributed by atoms with Crippen molar-refractivity contribution in [3.8, 4) is 5.88 Å². The summed E-state index contributed by atoms with van der Waals surface area (Å²) in [4.78, 5) is 9.81. The van der Waals surface area contributed by atoms with Crippen molar-refractivity contribution < 1.29 is 14.3 Å². The highest BCUT2D eigenvalue weighted by Crippen LogP contribution is 2.12. The molecular weight excluding hydrogens is 148 g/mol. The largest absolute Gasteiger partial charge is 0.480 e. The van der Waals surface area contributed by atoms with Crippen LogP contribution < -0.4 is 4.74 Å². The topological polar surface area (TPSA) is 64.2 Å². The van der Waals surface area contributed by atoms with Gasteiger partial charge in [-0.2, -0.15) is 0 Å². The minimum atomic E-state index is 0.184. The highest BCUT2D eigenvalue weighted by Gasteiger charge is 2.04. The van der Waals surface area contributed by atoms with Crippen molar-refractivity contribution >= 4 is 6.47 Å². The van der Waals surface area contributed by atoms with Crippen molar-refractivity contribution in [3.05, 3.63) is 11.8 Å². The Morgan fingerprint density at radius 1 is 1.82 bits per heavy atom. The lowest BCUT2D eigenvalue weighted by molar-refractivity contribution is -0.129. The fourth-order valence-electron chi connectivity index (χ4n) is 0.706. The number of hydrogen-bond donors (Lipinski definition) is 1. The predicted octanol–water partition coefficient (Wildman–Crippen LogP) is 0.0913. The molecule has 0 amide bonds. The summed E-state index contributed by atoms with van der Waals surface area (Å²) in [5, 5.41) is 6.33. The van der Waals surface area contributed by atoms with Gasteiger partial charge in [0, 0.05) is 6.20 Å². The van der Waals surface area contributed by atoms with E-state index in [1.165, 1.54) is 7.11 Å². The number of aromatic nitrogens is 2. The molecule has 11 heavy (non-hydrogen) atoms. The van der Waals surface area contributed by atoms with Gasteiger partial charge in [0.2, 0.25) is 5.88 Å². The second-order valence-electron chi connectivity index (χ2n) is 1.83. The highest BCUT2D eigenvalue weighted by molar-refractivity contribution is 5.37. The molecule has 0 radical (unpaired) electrons. The van der Waals surface area contributed by atoms with E-state index < -0.39 is 0 Å². The van der Waals surface area contributed by atoms with Crippen LogP contribution in [0.5, 0.6) is 5.88 Å². The molecule has 0 bridgehead atoms. The second-order valence-corrected chi connectivity index (χ2v) is 1.83. The van der Waals surface area contributed by atoms with Crippen LogP contribution in [0.25, 0.3) is 0 Å². The summed E-state index contributed by atoms with van der Waals surface area (Å²) in [6.07, 6.45) is 1.61. The van der Waals surface area contributed by atoms with E-state index in [9.17, 15) is 4.79 Å². The molecular formula is C6H8N2O3. The maximum Gasteiger partial charge on any atom is 0.293 e. The Morgan fingerprint density at radius 3 is 3.27 bits per heavy atom. The summed E-state index contributed by atoms with van der Waals surface area (Å²) < 4.78 is 9.34. The van der Waals surface area contributed by atoms with Gasteiger partial charge in [0.15, 0.2) is 0 Å². The van der Waals surface area contributed by atoms with Gasteiger partial charge in [-0.15, -0.1) is 5.10 Å². The molecule has 5 heteroatoms.